The van der Waals surface area contributed by atoms with Crippen LogP contribution in [0.5, 0.6) is 5.75 Å². The van der Waals surface area contributed by atoms with E-state index in [0.717, 1.165) is 56.3 Å². The topological polar surface area (TPSA) is 33.5 Å². The number of para-hydroxylation sites is 1. The summed E-state index contributed by atoms with van der Waals surface area (Å²) in [6, 6.07) is 16.4. The first-order valence-corrected chi connectivity index (χ1v) is 9.68. The Morgan fingerprint density at radius 3 is 2.50 bits per heavy atom. The van der Waals surface area contributed by atoms with Crippen LogP contribution in [0.4, 0.5) is 4.39 Å². The van der Waals surface area contributed by atoms with Crippen molar-refractivity contribution in [2.75, 3.05) is 39.3 Å². The van der Waals surface area contributed by atoms with Gasteiger partial charge in [0.25, 0.3) is 0 Å². The van der Waals surface area contributed by atoms with Crippen molar-refractivity contribution in [2.24, 2.45) is 0 Å². The number of piperazine rings is 1. The Morgan fingerprint density at radius 1 is 0.929 bits per heavy atom. The Bertz CT molecular complexity index is 875. The number of nitrogens with zero attached hydrogens (tertiary/aromatic N) is 4. The molecule has 0 saturated carbocycles. The zero-order valence-electron chi connectivity index (χ0n) is 15.9. The van der Waals surface area contributed by atoms with Crippen LogP contribution in [0.2, 0.25) is 0 Å². The summed E-state index contributed by atoms with van der Waals surface area (Å²) in [5, 5.41) is 4.37. The Labute approximate surface area is 165 Å². The highest BCUT2D eigenvalue weighted by Gasteiger charge is 2.17. The second-order valence-corrected chi connectivity index (χ2v) is 7.05. The monoisotopic (exact) mass is 380 g/mol. The van der Waals surface area contributed by atoms with Gasteiger partial charge >= 0.3 is 0 Å². The summed E-state index contributed by atoms with van der Waals surface area (Å²) in [4.78, 5) is 4.87. The number of aromatic nitrogens is 2. The minimum absolute atomic E-state index is 0.248. The Kier molecular flexibility index (Phi) is 5.99. The maximum absolute atomic E-state index is 13.4. The van der Waals surface area contributed by atoms with E-state index in [1.54, 1.807) is 10.7 Å². The molecule has 2 aromatic carbocycles. The molecule has 0 aliphatic carbocycles. The molecule has 1 aliphatic rings. The molecule has 1 aliphatic heterocycles. The van der Waals surface area contributed by atoms with E-state index in [2.05, 4.69) is 14.9 Å². The van der Waals surface area contributed by atoms with E-state index in [1.165, 1.54) is 12.1 Å². The Morgan fingerprint density at radius 2 is 1.71 bits per heavy atom. The third kappa shape index (κ3) is 4.97. The standard InChI is InChI=1S/C22H25FN4O/c23-20-5-4-6-21(15-20)27-18-19(16-24-27)17-26-11-9-25(10-12-26)13-14-28-22-7-2-1-3-8-22/h1-8,15-16,18H,9-14,17H2. The minimum Gasteiger partial charge on any atom is -0.492 e. The molecule has 1 saturated heterocycles. The van der Waals surface area contributed by atoms with Gasteiger partial charge in [0.1, 0.15) is 18.2 Å². The van der Waals surface area contributed by atoms with E-state index >= 15 is 0 Å². The van der Waals surface area contributed by atoms with Crippen molar-refractivity contribution in [1.82, 2.24) is 19.6 Å². The first-order chi connectivity index (χ1) is 13.8. The van der Waals surface area contributed by atoms with E-state index in [4.69, 9.17) is 4.74 Å². The first-order valence-electron chi connectivity index (χ1n) is 9.68. The smallest absolute Gasteiger partial charge is 0.125 e. The summed E-state index contributed by atoms with van der Waals surface area (Å²) < 4.78 is 20.9. The lowest BCUT2D eigenvalue weighted by Gasteiger charge is -2.34. The van der Waals surface area contributed by atoms with Gasteiger partial charge < -0.3 is 4.74 Å². The van der Waals surface area contributed by atoms with Gasteiger partial charge in [-0.2, -0.15) is 5.10 Å². The molecule has 5 nitrogen and oxygen atoms in total. The zero-order chi connectivity index (χ0) is 19.2. The lowest BCUT2D eigenvalue weighted by Crippen LogP contribution is -2.46. The molecule has 0 bridgehead atoms. The van der Waals surface area contributed by atoms with Crippen LogP contribution in [0.1, 0.15) is 5.56 Å². The van der Waals surface area contributed by atoms with Crippen molar-refractivity contribution >= 4 is 0 Å². The summed E-state index contributed by atoms with van der Waals surface area (Å²) in [5.41, 5.74) is 1.89. The number of halogens is 1. The molecule has 0 radical (unpaired) electrons. The van der Waals surface area contributed by atoms with Crippen LogP contribution in [0.25, 0.3) is 5.69 Å². The highest BCUT2D eigenvalue weighted by molar-refractivity contribution is 5.31. The van der Waals surface area contributed by atoms with Crippen molar-refractivity contribution in [1.29, 1.82) is 0 Å². The Balaban J connectivity index is 1.21. The number of benzene rings is 2. The molecule has 1 aromatic heterocycles. The maximum atomic E-state index is 13.4. The van der Waals surface area contributed by atoms with E-state index in [1.807, 2.05) is 48.8 Å². The molecule has 0 N–H and O–H groups in total. The average molecular weight is 380 g/mol. The summed E-state index contributed by atoms with van der Waals surface area (Å²) >= 11 is 0. The van der Waals surface area contributed by atoms with Gasteiger partial charge in [0.2, 0.25) is 0 Å². The van der Waals surface area contributed by atoms with Gasteiger partial charge in [0, 0.05) is 51.0 Å². The van der Waals surface area contributed by atoms with Crippen LogP contribution in [-0.4, -0.2) is 58.9 Å². The molecule has 28 heavy (non-hydrogen) atoms. The maximum Gasteiger partial charge on any atom is 0.125 e. The Hall–Kier alpha value is -2.70. The zero-order valence-corrected chi connectivity index (χ0v) is 15.9. The van der Waals surface area contributed by atoms with Crippen molar-refractivity contribution in [2.45, 2.75) is 6.54 Å². The van der Waals surface area contributed by atoms with E-state index in [9.17, 15) is 4.39 Å². The van der Waals surface area contributed by atoms with Crippen LogP contribution in [0.15, 0.2) is 67.0 Å². The molecule has 2 heterocycles. The number of hydrogen-bond acceptors (Lipinski definition) is 4. The number of rotatable bonds is 7. The fraction of sp³-hybridized carbons (Fsp3) is 0.318. The molecule has 1 fully saturated rings. The summed E-state index contributed by atoms with van der Waals surface area (Å²) in [6.07, 6.45) is 3.85. The molecule has 0 unspecified atom stereocenters. The highest BCUT2D eigenvalue weighted by Crippen LogP contribution is 2.13. The predicted molar refractivity (Wildman–Crippen MR) is 107 cm³/mol. The molecule has 4 rings (SSSR count). The van der Waals surface area contributed by atoms with Crippen molar-refractivity contribution in [3.63, 3.8) is 0 Å². The van der Waals surface area contributed by atoms with Crippen LogP contribution >= 0.6 is 0 Å². The van der Waals surface area contributed by atoms with E-state index < -0.39 is 0 Å². The molecule has 0 spiro atoms. The lowest BCUT2D eigenvalue weighted by atomic mass is 10.2. The van der Waals surface area contributed by atoms with Crippen LogP contribution in [-0.2, 0) is 6.54 Å². The van der Waals surface area contributed by atoms with Gasteiger partial charge in [-0.25, -0.2) is 9.07 Å². The van der Waals surface area contributed by atoms with Gasteiger partial charge in [0.05, 0.1) is 11.9 Å². The SMILES string of the molecule is Fc1cccc(-n2cc(CN3CCN(CCOc4ccccc4)CC3)cn2)c1. The largest absolute Gasteiger partial charge is 0.492 e. The third-order valence-corrected chi connectivity index (χ3v) is 5.00. The van der Waals surface area contributed by atoms with Gasteiger partial charge in [-0.1, -0.05) is 24.3 Å². The first kappa shape index (κ1) is 18.7. The van der Waals surface area contributed by atoms with Crippen LogP contribution in [0.3, 0.4) is 0 Å². The second-order valence-electron chi connectivity index (χ2n) is 7.05. The molecule has 6 heteroatoms. The molecule has 3 aromatic rings. The molecule has 146 valence electrons. The van der Waals surface area contributed by atoms with Crippen molar-refractivity contribution in [3.05, 3.63) is 78.4 Å². The third-order valence-electron chi connectivity index (χ3n) is 5.00. The molecule has 0 amide bonds. The number of ether oxygens (including phenoxy) is 1. The normalized spacial score (nSPS) is 15.6. The van der Waals surface area contributed by atoms with Crippen LogP contribution < -0.4 is 4.74 Å². The van der Waals surface area contributed by atoms with Gasteiger partial charge in [-0.15, -0.1) is 0 Å². The summed E-state index contributed by atoms with van der Waals surface area (Å²) in [6.45, 7) is 6.65. The van der Waals surface area contributed by atoms with E-state index in [-0.39, 0.29) is 5.82 Å². The second kappa shape index (κ2) is 8.99. The average Bonchev–Trinajstić information content (AvgIpc) is 3.19. The predicted octanol–water partition coefficient (Wildman–Crippen LogP) is 3.21. The number of hydrogen-bond donors (Lipinski definition) is 0. The molecular weight excluding hydrogens is 355 g/mol. The van der Waals surface area contributed by atoms with Gasteiger partial charge in [0.15, 0.2) is 0 Å². The highest BCUT2D eigenvalue weighted by atomic mass is 19.1. The summed E-state index contributed by atoms with van der Waals surface area (Å²) in [5.74, 6) is 0.679. The lowest BCUT2D eigenvalue weighted by molar-refractivity contribution is 0.112. The van der Waals surface area contributed by atoms with E-state index in [0.29, 0.717) is 6.61 Å². The van der Waals surface area contributed by atoms with Gasteiger partial charge in [-0.3, -0.25) is 9.80 Å². The van der Waals surface area contributed by atoms with Gasteiger partial charge in [-0.05, 0) is 30.3 Å². The quantitative estimate of drug-likeness (QED) is 0.630. The van der Waals surface area contributed by atoms with Crippen molar-refractivity contribution in [3.8, 4) is 11.4 Å². The summed E-state index contributed by atoms with van der Waals surface area (Å²) in [7, 11) is 0. The fourth-order valence-electron chi connectivity index (χ4n) is 3.44. The minimum atomic E-state index is -0.248. The molecular formula is C22H25FN4O. The van der Waals surface area contributed by atoms with Crippen LogP contribution in [0, 0.1) is 5.82 Å². The molecule has 0 atom stereocenters. The van der Waals surface area contributed by atoms with Crippen molar-refractivity contribution < 1.29 is 9.13 Å². The fourth-order valence-corrected chi connectivity index (χ4v) is 3.44.